The fraction of sp³-hybridized carbons (Fsp3) is 0.316. The predicted octanol–water partition coefficient (Wildman–Crippen LogP) is 3.36. The Morgan fingerprint density at radius 1 is 1.21 bits per heavy atom. The lowest BCUT2D eigenvalue weighted by atomic mass is 10.2. The number of hydrogen-bond donors (Lipinski definition) is 1. The molecule has 1 unspecified atom stereocenters. The van der Waals surface area contributed by atoms with Crippen molar-refractivity contribution in [3.8, 4) is 5.75 Å². The normalized spacial score (nSPS) is 17.2. The monoisotopic (exact) mass is 395 g/mol. The summed E-state index contributed by atoms with van der Waals surface area (Å²) in [5.74, 6) is -1.92. The Morgan fingerprint density at radius 2 is 1.86 bits per heavy atom. The highest BCUT2D eigenvalue weighted by atomic mass is 19.4. The Kier molecular flexibility index (Phi) is 7.51. The maximum Gasteiger partial charge on any atom is 0.490 e. The van der Waals surface area contributed by atoms with Crippen LogP contribution in [0.2, 0.25) is 0 Å². The maximum absolute atomic E-state index is 10.6. The van der Waals surface area contributed by atoms with Crippen LogP contribution in [0.1, 0.15) is 17.5 Å². The standard InChI is InChI=1S/C17H19N3O.C2HF3O2/c1-20-9-6-16(13-20)21-17-10-15(11-19-12-17)3-2-14-4-7-18-8-5-14;3-2(4,5)1(6)7/h2-5,7-8,10-12,16H,6,9,13H2,1H3;(H,6,7). The van der Waals surface area contributed by atoms with E-state index >= 15 is 0 Å². The molecule has 0 amide bonds. The first-order valence-corrected chi connectivity index (χ1v) is 8.42. The van der Waals surface area contributed by atoms with E-state index in [9.17, 15) is 13.2 Å². The molecule has 2 aromatic heterocycles. The molecule has 0 radical (unpaired) electrons. The lowest BCUT2D eigenvalue weighted by Crippen LogP contribution is -2.21. The minimum atomic E-state index is -5.08. The van der Waals surface area contributed by atoms with Gasteiger partial charge in [-0.05, 0) is 42.8 Å². The third-order valence-corrected chi connectivity index (χ3v) is 3.80. The Balaban J connectivity index is 0.000000345. The predicted molar refractivity (Wildman–Crippen MR) is 97.6 cm³/mol. The highest BCUT2D eigenvalue weighted by molar-refractivity contribution is 5.73. The van der Waals surface area contributed by atoms with Crippen molar-refractivity contribution in [1.29, 1.82) is 0 Å². The van der Waals surface area contributed by atoms with Crippen LogP contribution in [0.15, 0.2) is 43.0 Å². The van der Waals surface area contributed by atoms with Crippen LogP contribution in [0, 0.1) is 0 Å². The molecule has 0 aromatic carbocycles. The summed E-state index contributed by atoms with van der Waals surface area (Å²) >= 11 is 0. The molecule has 28 heavy (non-hydrogen) atoms. The number of likely N-dealkylation sites (N-methyl/N-ethyl adjacent to an activating group) is 1. The van der Waals surface area contributed by atoms with Crippen LogP contribution < -0.4 is 4.74 Å². The van der Waals surface area contributed by atoms with Crippen molar-refractivity contribution >= 4 is 18.1 Å². The van der Waals surface area contributed by atoms with Crippen LogP contribution in [0.25, 0.3) is 12.2 Å². The van der Waals surface area contributed by atoms with E-state index < -0.39 is 12.1 Å². The summed E-state index contributed by atoms with van der Waals surface area (Å²) in [7, 11) is 2.12. The molecule has 1 aliphatic rings. The summed E-state index contributed by atoms with van der Waals surface area (Å²) in [5.41, 5.74) is 2.16. The number of ether oxygens (including phenoxy) is 1. The molecule has 0 aliphatic carbocycles. The number of halogens is 3. The molecular formula is C19H20F3N3O3. The molecule has 0 spiro atoms. The average molecular weight is 395 g/mol. The van der Waals surface area contributed by atoms with Crippen molar-refractivity contribution in [2.45, 2.75) is 18.7 Å². The lowest BCUT2D eigenvalue weighted by Gasteiger charge is -2.13. The summed E-state index contributed by atoms with van der Waals surface area (Å²) in [5, 5.41) is 7.12. The number of aromatic nitrogens is 2. The highest BCUT2D eigenvalue weighted by Gasteiger charge is 2.38. The number of carboxylic acids is 1. The van der Waals surface area contributed by atoms with Gasteiger partial charge < -0.3 is 14.7 Å². The lowest BCUT2D eigenvalue weighted by molar-refractivity contribution is -0.192. The molecule has 150 valence electrons. The van der Waals surface area contributed by atoms with Crippen LogP contribution in [0.3, 0.4) is 0 Å². The van der Waals surface area contributed by atoms with Gasteiger partial charge in [0, 0.05) is 31.7 Å². The van der Waals surface area contributed by atoms with Gasteiger partial charge in [-0.25, -0.2) is 4.79 Å². The van der Waals surface area contributed by atoms with Crippen molar-refractivity contribution in [2.24, 2.45) is 0 Å². The van der Waals surface area contributed by atoms with E-state index in [1.165, 1.54) is 0 Å². The van der Waals surface area contributed by atoms with Gasteiger partial charge in [0.15, 0.2) is 0 Å². The van der Waals surface area contributed by atoms with E-state index in [-0.39, 0.29) is 6.10 Å². The van der Waals surface area contributed by atoms with Crippen molar-refractivity contribution in [3.63, 3.8) is 0 Å². The van der Waals surface area contributed by atoms with Gasteiger partial charge in [0.25, 0.3) is 0 Å². The zero-order valence-electron chi connectivity index (χ0n) is 15.1. The molecule has 1 atom stereocenters. The van der Waals surface area contributed by atoms with Gasteiger partial charge >= 0.3 is 12.1 Å². The number of nitrogens with zero attached hydrogens (tertiary/aromatic N) is 3. The Bertz CT molecular complexity index is 798. The zero-order chi connectivity index (χ0) is 20.6. The molecule has 9 heteroatoms. The molecule has 2 aromatic rings. The molecule has 6 nitrogen and oxygen atoms in total. The summed E-state index contributed by atoms with van der Waals surface area (Å²) in [6.07, 6.45) is 7.54. The first-order chi connectivity index (χ1) is 13.2. The van der Waals surface area contributed by atoms with Gasteiger partial charge in [0.2, 0.25) is 0 Å². The van der Waals surface area contributed by atoms with E-state index in [4.69, 9.17) is 14.6 Å². The number of pyridine rings is 2. The molecule has 1 N–H and O–H groups in total. The van der Waals surface area contributed by atoms with Crippen molar-refractivity contribution < 1.29 is 27.8 Å². The Labute approximate surface area is 160 Å². The zero-order valence-corrected chi connectivity index (χ0v) is 15.1. The number of aliphatic carboxylic acids is 1. The molecule has 3 heterocycles. The fourth-order valence-electron chi connectivity index (χ4n) is 2.44. The minimum Gasteiger partial charge on any atom is -0.487 e. The molecule has 1 saturated heterocycles. The van der Waals surface area contributed by atoms with Crippen molar-refractivity contribution in [2.75, 3.05) is 20.1 Å². The Morgan fingerprint density at radius 3 is 2.43 bits per heavy atom. The fourth-order valence-corrected chi connectivity index (χ4v) is 2.44. The van der Waals surface area contributed by atoms with Crippen molar-refractivity contribution in [1.82, 2.24) is 14.9 Å². The molecule has 0 saturated carbocycles. The van der Waals surface area contributed by atoms with Gasteiger partial charge in [-0.15, -0.1) is 0 Å². The molecule has 3 rings (SSSR count). The highest BCUT2D eigenvalue weighted by Crippen LogP contribution is 2.19. The summed E-state index contributed by atoms with van der Waals surface area (Å²) in [4.78, 5) is 19.4. The number of alkyl halides is 3. The van der Waals surface area contributed by atoms with Gasteiger partial charge in [-0.1, -0.05) is 12.2 Å². The van der Waals surface area contributed by atoms with Gasteiger partial charge in [-0.3, -0.25) is 9.97 Å². The number of carbonyl (C=O) groups is 1. The van der Waals surface area contributed by atoms with Gasteiger partial charge in [0.05, 0.1) is 6.20 Å². The quantitative estimate of drug-likeness (QED) is 0.856. The number of rotatable bonds is 4. The summed E-state index contributed by atoms with van der Waals surface area (Å²) < 4.78 is 37.7. The van der Waals surface area contributed by atoms with E-state index in [1.54, 1.807) is 18.6 Å². The van der Waals surface area contributed by atoms with Crippen molar-refractivity contribution in [3.05, 3.63) is 54.1 Å². The third kappa shape index (κ3) is 7.36. The second-order valence-electron chi connectivity index (χ2n) is 6.16. The van der Waals surface area contributed by atoms with Crippen LogP contribution in [0.5, 0.6) is 5.75 Å². The molecular weight excluding hydrogens is 375 g/mol. The Hall–Kier alpha value is -2.94. The molecule has 1 fully saturated rings. The summed E-state index contributed by atoms with van der Waals surface area (Å²) in [6, 6.07) is 5.97. The summed E-state index contributed by atoms with van der Waals surface area (Å²) in [6.45, 7) is 2.08. The van der Waals surface area contributed by atoms with Crippen LogP contribution in [-0.2, 0) is 4.79 Å². The first-order valence-electron chi connectivity index (χ1n) is 8.42. The largest absolute Gasteiger partial charge is 0.490 e. The molecule has 0 bridgehead atoms. The van der Waals surface area contributed by atoms with Gasteiger partial charge in [-0.2, -0.15) is 13.2 Å². The number of likely N-dealkylation sites (tertiary alicyclic amines) is 1. The maximum atomic E-state index is 10.6. The van der Waals surface area contributed by atoms with E-state index in [1.807, 2.05) is 36.5 Å². The van der Waals surface area contributed by atoms with Crippen LogP contribution in [-0.4, -0.2) is 58.4 Å². The van der Waals surface area contributed by atoms with E-state index in [2.05, 4.69) is 21.9 Å². The topological polar surface area (TPSA) is 75.5 Å². The second kappa shape index (κ2) is 9.84. The van der Waals surface area contributed by atoms with E-state index in [0.29, 0.717) is 0 Å². The van der Waals surface area contributed by atoms with Crippen LogP contribution >= 0.6 is 0 Å². The first kappa shape index (κ1) is 21.4. The SMILES string of the molecule is CN1CCC(Oc2cncc(C=Cc3ccncc3)c2)C1.O=C(O)C(F)(F)F. The third-order valence-electron chi connectivity index (χ3n) is 3.80. The molecule has 1 aliphatic heterocycles. The second-order valence-corrected chi connectivity index (χ2v) is 6.16. The number of carboxylic acid groups (broad SMARTS) is 1. The number of hydrogen-bond acceptors (Lipinski definition) is 5. The van der Waals surface area contributed by atoms with E-state index in [0.717, 1.165) is 36.4 Å². The van der Waals surface area contributed by atoms with Gasteiger partial charge in [0.1, 0.15) is 11.9 Å². The smallest absolute Gasteiger partial charge is 0.487 e. The average Bonchev–Trinajstić information content (AvgIpc) is 3.06. The van der Waals surface area contributed by atoms with Crippen LogP contribution in [0.4, 0.5) is 13.2 Å². The minimum absolute atomic E-state index is 0.274.